The van der Waals surface area contributed by atoms with Crippen LogP contribution in [0.5, 0.6) is 11.5 Å². The predicted octanol–water partition coefficient (Wildman–Crippen LogP) is 4.15. The van der Waals surface area contributed by atoms with Crippen LogP contribution in [0.1, 0.15) is 11.1 Å². The van der Waals surface area contributed by atoms with E-state index in [2.05, 4.69) is 15.1 Å². The number of halogens is 1. The molecule has 0 spiro atoms. The van der Waals surface area contributed by atoms with Gasteiger partial charge in [-0.15, -0.1) is 10.2 Å². The van der Waals surface area contributed by atoms with E-state index < -0.39 is 0 Å². The van der Waals surface area contributed by atoms with E-state index in [-0.39, 0.29) is 12.5 Å². The van der Waals surface area contributed by atoms with Gasteiger partial charge in [-0.25, -0.2) is 0 Å². The molecule has 1 aromatic heterocycles. The summed E-state index contributed by atoms with van der Waals surface area (Å²) in [4.78, 5) is 16.6. The first-order valence-corrected chi connectivity index (χ1v) is 11.2. The van der Waals surface area contributed by atoms with Gasteiger partial charge in [0.15, 0.2) is 12.4 Å². The summed E-state index contributed by atoms with van der Waals surface area (Å²) in [5, 5.41) is 9.52. The molecular weight excluding hydrogens is 440 g/mol. The average Bonchev–Trinajstić information content (AvgIpc) is 2.86. The highest BCUT2D eigenvalue weighted by atomic mass is 35.5. The van der Waals surface area contributed by atoms with Crippen molar-refractivity contribution in [1.29, 1.82) is 0 Å². The van der Waals surface area contributed by atoms with Crippen LogP contribution in [0.15, 0.2) is 48.5 Å². The second-order valence-corrected chi connectivity index (χ2v) is 8.38. The molecule has 3 aromatic rings. The Morgan fingerprint density at radius 1 is 1.00 bits per heavy atom. The molecule has 7 nitrogen and oxygen atoms in total. The molecule has 1 aliphatic heterocycles. The number of carbonyl (C=O) groups excluding carboxylic acids is 1. The third kappa shape index (κ3) is 5.20. The highest BCUT2D eigenvalue weighted by Gasteiger charge is 2.23. The van der Waals surface area contributed by atoms with Gasteiger partial charge in [0.25, 0.3) is 5.91 Å². The molecule has 33 heavy (non-hydrogen) atoms. The molecule has 172 valence electrons. The third-order valence-electron chi connectivity index (χ3n) is 5.76. The molecule has 8 heteroatoms. The van der Waals surface area contributed by atoms with Crippen molar-refractivity contribution in [3.63, 3.8) is 0 Å². The van der Waals surface area contributed by atoms with Crippen LogP contribution in [0.2, 0.25) is 5.02 Å². The number of methoxy groups -OCH3 is 1. The lowest BCUT2D eigenvalue weighted by Crippen LogP contribution is -2.50. The number of aryl methyl sites for hydroxylation is 2. The molecule has 0 bridgehead atoms. The lowest BCUT2D eigenvalue weighted by atomic mass is 10.1. The maximum absolute atomic E-state index is 12.6. The Morgan fingerprint density at radius 2 is 1.70 bits per heavy atom. The highest BCUT2D eigenvalue weighted by molar-refractivity contribution is 6.32. The third-order valence-corrected chi connectivity index (χ3v) is 6.36. The number of hydrogen-bond acceptors (Lipinski definition) is 6. The van der Waals surface area contributed by atoms with Crippen LogP contribution in [-0.4, -0.2) is 60.9 Å². The monoisotopic (exact) mass is 466 g/mol. The number of hydrogen-bond donors (Lipinski definition) is 0. The summed E-state index contributed by atoms with van der Waals surface area (Å²) < 4.78 is 11.1. The summed E-state index contributed by atoms with van der Waals surface area (Å²) >= 11 is 6.20. The van der Waals surface area contributed by atoms with Crippen LogP contribution in [0.25, 0.3) is 11.3 Å². The topological polar surface area (TPSA) is 67.8 Å². The molecule has 0 saturated carbocycles. The van der Waals surface area contributed by atoms with Crippen molar-refractivity contribution in [2.75, 3.05) is 44.8 Å². The highest BCUT2D eigenvalue weighted by Crippen LogP contribution is 2.28. The average molecular weight is 467 g/mol. The van der Waals surface area contributed by atoms with E-state index >= 15 is 0 Å². The molecule has 0 atom stereocenters. The van der Waals surface area contributed by atoms with E-state index in [4.69, 9.17) is 21.1 Å². The van der Waals surface area contributed by atoms with E-state index in [9.17, 15) is 4.79 Å². The van der Waals surface area contributed by atoms with E-state index in [0.29, 0.717) is 31.9 Å². The number of para-hydroxylation sites is 1. The van der Waals surface area contributed by atoms with Gasteiger partial charge in [-0.05, 0) is 61.4 Å². The van der Waals surface area contributed by atoms with Crippen LogP contribution in [0.4, 0.5) is 5.82 Å². The number of anilines is 1. The first-order valence-electron chi connectivity index (χ1n) is 10.9. The van der Waals surface area contributed by atoms with Crippen molar-refractivity contribution < 1.29 is 14.3 Å². The molecule has 0 unspecified atom stereocenters. The minimum atomic E-state index is -0.0301. The summed E-state index contributed by atoms with van der Waals surface area (Å²) in [7, 11) is 1.64. The van der Waals surface area contributed by atoms with Crippen LogP contribution >= 0.6 is 11.6 Å². The first-order chi connectivity index (χ1) is 16.0. The van der Waals surface area contributed by atoms with Gasteiger partial charge < -0.3 is 19.3 Å². The van der Waals surface area contributed by atoms with Crippen molar-refractivity contribution >= 4 is 23.3 Å². The number of ether oxygens (including phenoxy) is 2. The maximum Gasteiger partial charge on any atom is 0.260 e. The van der Waals surface area contributed by atoms with Crippen LogP contribution < -0.4 is 14.4 Å². The van der Waals surface area contributed by atoms with E-state index in [1.807, 2.05) is 67.3 Å². The molecule has 1 aliphatic rings. The normalized spacial score (nSPS) is 13.7. The summed E-state index contributed by atoms with van der Waals surface area (Å²) in [6.45, 7) is 6.45. The van der Waals surface area contributed by atoms with Gasteiger partial charge in [0.05, 0.1) is 12.8 Å². The van der Waals surface area contributed by atoms with Crippen molar-refractivity contribution in [2.24, 2.45) is 0 Å². The summed E-state index contributed by atoms with van der Waals surface area (Å²) in [5.41, 5.74) is 3.53. The fourth-order valence-electron chi connectivity index (χ4n) is 3.90. The van der Waals surface area contributed by atoms with Crippen LogP contribution in [0.3, 0.4) is 0 Å². The molecule has 2 heterocycles. The smallest absolute Gasteiger partial charge is 0.260 e. The van der Waals surface area contributed by atoms with Crippen LogP contribution in [-0.2, 0) is 4.79 Å². The zero-order chi connectivity index (χ0) is 23.4. The number of amides is 1. The first kappa shape index (κ1) is 22.9. The molecule has 0 aliphatic carbocycles. The van der Waals surface area contributed by atoms with Gasteiger partial charge in [-0.2, -0.15) is 0 Å². The quantitative estimate of drug-likeness (QED) is 0.543. The Bertz CT molecular complexity index is 1110. The summed E-state index contributed by atoms with van der Waals surface area (Å²) in [6.07, 6.45) is 0. The van der Waals surface area contributed by atoms with Gasteiger partial charge in [-0.3, -0.25) is 4.79 Å². The molecule has 0 radical (unpaired) electrons. The van der Waals surface area contributed by atoms with Crippen molar-refractivity contribution in [3.05, 3.63) is 64.7 Å². The number of rotatable bonds is 6. The lowest BCUT2D eigenvalue weighted by molar-refractivity contribution is -0.133. The van der Waals surface area contributed by atoms with Crippen molar-refractivity contribution in [1.82, 2.24) is 15.1 Å². The zero-order valence-corrected chi connectivity index (χ0v) is 19.8. The summed E-state index contributed by atoms with van der Waals surface area (Å²) in [6, 6.07) is 15.3. The van der Waals surface area contributed by atoms with E-state index in [0.717, 1.165) is 39.0 Å². The Balaban J connectivity index is 1.32. The molecule has 1 amide bonds. The largest absolute Gasteiger partial charge is 0.496 e. The minimum Gasteiger partial charge on any atom is -0.496 e. The molecule has 4 rings (SSSR count). The zero-order valence-electron chi connectivity index (χ0n) is 19.0. The van der Waals surface area contributed by atoms with Crippen molar-refractivity contribution in [2.45, 2.75) is 13.8 Å². The van der Waals surface area contributed by atoms with Crippen molar-refractivity contribution in [3.8, 4) is 22.8 Å². The van der Waals surface area contributed by atoms with E-state index in [1.54, 1.807) is 7.11 Å². The Labute approximate surface area is 198 Å². The molecule has 1 fully saturated rings. The second kappa shape index (κ2) is 10.1. The van der Waals surface area contributed by atoms with Gasteiger partial charge >= 0.3 is 0 Å². The molecule has 1 saturated heterocycles. The number of carbonyl (C=O) groups is 1. The molecule has 2 aromatic carbocycles. The Morgan fingerprint density at radius 3 is 2.33 bits per heavy atom. The summed E-state index contributed by atoms with van der Waals surface area (Å²) in [5.74, 6) is 2.19. The number of nitrogens with zero attached hydrogens (tertiary/aromatic N) is 4. The standard InChI is InChI=1S/C25H27ClN4O3/c1-17-14-19(15-18(2)25(17)26)33-16-24(31)30-12-10-29(11-13-30)23-9-8-21(27-28-23)20-6-4-5-7-22(20)32-3/h4-9,14-15H,10-13,16H2,1-3H3. The van der Waals surface area contributed by atoms with Gasteiger partial charge in [0.2, 0.25) is 0 Å². The van der Waals surface area contributed by atoms with Gasteiger partial charge in [0.1, 0.15) is 11.5 Å². The van der Waals surface area contributed by atoms with E-state index in [1.165, 1.54) is 0 Å². The lowest BCUT2D eigenvalue weighted by Gasteiger charge is -2.35. The minimum absolute atomic E-state index is 0.00786. The molecule has 0 N–H and O–H groups in total. The van der Waals surface area contributed by atoms with Crippen LogP contribution in [0, 0.1) is 13.8 Å². The molecular formula is C25H27ClN4O3. The Kier molecular flexibility index (Phi) is 6.99. The maximum atomic E-state index is 12.6. The second-order valence-electron chi connectivity index (χ2n) is 8.00. The Hall–Kier alpha value is -3.32. The SMILES string of the molecule is COc1ccccc1-c1ccc(N2CCN(C(=O)COc3cc(C)c(Cl)c(C)c3)CC2)nn1. The van der Waals surface area contributed by atoms with Gasteiger partial charge in [0, 0.05) is 36.8 Å². The number of piperazine rings is 1. The number of aromatic nitrogens is 2. The number of benzene rings is 2. The fourth-order valence-corrected chi connectivity index (χ4v) is 4.01. The fraction of sp³-hybridized carbons (Fsp3) is 0.320. The predicted molar refractivity (Wildman–Crippen MR) is 129 cm³/mol. The van der Waals surface area contributed by atoms with Gasteiger partial charge in [-0.1, -0.05) is 23.7 Å².